The van der Waals surface area contributed by atoms with Crippen LogP contribution >= 0.6 is 0 Å². The Hall–Kier alpha value is -3.42. The number of hydrogen-bond donors (Lipinski definition) is 1. The highest BCUT2D eigenvalue weighted by atomic mass is 16.5. The van der Waals surface area contributed by atoms with Crippen molar-refractivity contribution >= 4 is 11.6 Å². The first-order valence-corrected chi connectivity index (χ1v) is 7.50. The first-order valence-electron chi connectivity index (χ1n) is 7.50. The van der Waals surface area contributed by atoms with Crippen LogP contribution in [0.5, 0.6) is 11.5 Å². The number of benzene rings is 1. The number of nitrogens with zero attached hydrogens (tertiary/aromatic N) is 4. The Morgan fingerprint density at radius 2 is 1.88 bits per heavy atom. The first-order chi connectivity index (χ1) is 12.1. The second-order valence-electron chi connectivity index (χ2n) is 5.15. The van der Waals surface area contributed by atoms with Crippen LogP contribution in [0.4, 0.5) is 5.69 Å². The Bertz CT molecular complexity index is 890. The van der Waals surface area contributed by atoms with Gasteiger partial charge in [-0.3, -0.25) is 9.36 Å². The van der Waals surface area contributed by atoms with Crippen molar-refractivity contribution in [3.05, 3.63) is 54.2 Å². The smallest absolute Gasteiger partial charge is 0.276 e. The highest BCUT2D eigenvalue weighted by Gasteiger charge is 2.12. The molecule has 0 spiro atoms. The van der Waals surface area contributed by atoms with Crippen LogP contribution in [-0.2, 0) is 0 Å². The Morgan fingerprint density at radius 1 is 1.08 bits per heavy atom. The summed E-state index contributed by atoms with van der Waals surface area (Å²) in [5.41, 5.74) is 0.773. The van der Waals surface area contributed by atoms with Gasteiger partial charge in [-0.15, -0.1) is 10.2 Å². The van der Waals surface area contributed by atoms with Crippen LogP contribution in [0, 0.1) is 6.92 Å². The van der Waals surface area contributed by atoms with Crippen molar-refractivity contribution in [1.82, 2.24) is 19.7 Å². The fourth-order valence-corrected chi connectivity index (χ4v) is 2.30. The predicted molar refractivity (Wildman–Crippen MR) is 91.4 cm³/mol. The molecule has 25 heavy (non-hydrogen) atoms. The average Bonchev–Trinajstić information content (AvgIpc) is 3.07. The highest BCUT2D eigenvalue weighted by molar-refractivity contribution is 6.02. The van der Waals surface area contributed by atoms with E-state index in [0.29, 0.717) is 23.0 Å². The van der Waals surface area contributed by atoms with E-state index in [-0.39, 0.29) is 11.6 Å². The molecule has 8 heteroatoms. The fourth-order valence-electron chi connectivity index (χ4n) is 2.30. The van der Waals surface area contributed by atoms with Gasteiger partial charge >= 0.3 is 0 Å². The molecule has 0 aliphatic heterocycles. The zero-order chi connectivity index (χ0) is 17.8. The number of ether oxygens (including phenoxy) is 2. The van der Waals surface area contributed by atoms with Crippen molar-refractivity contribution in [3.8, 4) is 17.3 Å². The Morgan fingerprint density at radius 3 is 2.48 bits per heavy atom. The molecule has 3 aromatic rings. The number of aromatic nitrogens is 4. The van der Waals surface area contributed by atoms with Crippen molar-refractivity contribution in [2.75, 3.05) is 19.5 Å². The van der Waals surface area contributed by atoms with Crippen LogP contribution in [-0.4, -0.2) is 39.9 Å². The number of hydrogen-bond acceptors (Lipinski definition) is 6. The number of methoxy groups -OCH3 is 2. The Labute approximate surface area is 144 Å². The van der Waals surface area contributed by atoms with Gasteiger partial charge in [-0.25, -0.2) is 4.98 Å². The van der Waals surface area contributed by atoms with Crippen molar-refractivity contribution in [1.29, 1.82) is 0 Å². The lowest BCUT2D eigenvalue weighted by molar-refractivity contribution is 0.102. The van der Waals surface area contributed by atoms with Gasteiger partial charge in [0.1, 0.15) is 5.82 Å². The van der Waals surface area contributed by atoms with Crippen LogP contribution in [0.15, 0.2) is 42.7 Å². The SMILES string of the molecule is COc1ccc(NC(=O)c2ccc(-n3ccnc3C)nn2)cc1OC. The highest BCUT2D eigenvalue weighted by Crippen LogP contribution is 2.29. The number of nitrogens with one attached hydrogen (secondary N) is 1. The zero-order valence-corrected chi connectivity index (χ0v) is 14.1. The summed E-state index contributed by atoms with van der Waals surface area (Å²) in [6.07, 6.45) is 3.46. The van der Waals surface area contributed by atoms with Crippen molar-refractivity contribution in [2.24, 2.45) is 0 Å². The van der Waals surface area contributed by atoms with Gasteiger partial charge in [-0.2, -0.15) is 0 Å². The third-order valence-corrected chi connectivity index (χ3v) is 3.60. The lowest BCUT2D eigenvalue weighted by atomic mass is 10.2. The molecule has 1 aromatic carbocycles. The van der Waals surface area contributed by atoms with E-state index >= 15 is 0 Å². The summed E-state index contributed by atoms with van der Waals surface area (Å²) < 4.78 is 12.2. The lowest BCUT2D eigenvalue weighted by Gasteiger charge is -2.10. The third-order valence-electron chi connectivity index (χ3n) is 3.60. The summed E-state index contributed by atoms with van der Waals surface area (Å²) in [4.78, 5) is 16.5. The molecule has 0 unspecified atom stereocenters. The molecule has 0 saturated heterocycles. The van der Waals surface area contributed by atoms with Gasteiger partial charge in [-0.05, 0) is 31.2 Å². The van der Waals surface area contributed by atoms with E-state index in [0.717, 1.165) is 5.82 Å². The Balaban J connectivity index is 1.76. The number of amides is 1. The Kier molecular flexibility index (Phi) is 4.60. The number of carbonyl (C=O) groups excluding carboxylic acids is 1. The van der Waals surface area contributed by atoms with Crippen LogP contribution in [0.2, 0.25) is 0 Å². The van der Waals surface area contributed by atoms with Crippen LogP contribution < -0.4 is 14.8 Å². The molecule has 0 saturated carbocycles. The maximum Gasteiger partial charge on any atom is 0.276 e. The number of anilines is 1. The van der Waals surface area contributed by atoms with Gasteiger partial charge in [0, 0.05) is 24.1 Å². The maximum absolute atomic E-state index is 12.3. The molecule has 0 fully saturated rings. The molecular formula is C17H17N5O3. The van der Waals surface area contributed by atoms with E-state index < -0.39 is 0 Å². The van der Waals surface area contributed by atoms with Crippen LogP contribution in [0.1, 0.15) is 16.3 Å². The normalized spacial score (nSPS) is 10.4. The van der Waals surface area contributed by atoms with Crippen molar-refractivity contribution < 1.29 is 14.3 Å². The number of aryl methyl sites for hydroxylation is 1. The summed E-state index contributed by atoms with van der Waals surface area (Å²) in [6.45, 7) is 1.86. The second-order valence-corrected chi connectivity index (χ2v) is 5.15. The molecule has 3 rings (SSSR count). The topological polar surface area (TPSA) is 91.2 Å². The van der Waals surface area contributed by atoms with Crippen molar-refractivity contribution in [3.63, 3.8) is 0 Å². The van der Waals surface area contributed by atoms with E-state index in [1.165, 1.54) is 7.11 Å². The van der Waals surface area contributed by atoms with Crippen molar-refractivity contribution in [2.45, 2.75) is 6.92 Å². The molecule has 2 heterocycles. The van der Waals surface area contributed by atoms with E-state index in [1.807, 2.05) is 6.92 Å². The quantitative estimate of drug-likeness (QED) is 0.766. The molecule has 0 bridgehead atoms. The van der Waals surface area contributed by atoms with Gasteiger partial charge in [0.25, 0.3) is 5.91 Å². The van der Waals surface area contributed by atoms with Gasteiger partial charge in [0.15, 0.2) is 23.0 Å². The van der Waals surface area contributed by atoms with Gasteiger partial charge in [0.2, 0.25) is 0 Å². The summed E-state index contributed by atoms with van der Waals surface area (Å²) in [5, 5.41) is 10.8. The number of rotatable bonds is 5. The second kappa shape index (κ2) is 7.00. The predicted octanol–water partition coefficient (Wildman–Crippen LogP) is 2.24. The summed E-state index contributed by atoms with van der Waals surface area (Å²) in [6, 6.07) is 8.43. The fraction of sp³-hybridized carbons (Fsp3) is 0.176. The van der Waals surface area contributed by atoms with E-state index in [4.69, 9.17) is 9.47 Å². The first kappa shape index (κ1) is 16.4. The van der Waals surface area contributed by atoms with Crippen LogP contribution in [0.25, 0.3) is 5.82 Å². The van der Waals surface area contributed by atoms with Gasteiger partial charge in [0.05, 0.1) is 14.2 Å². The molecule has 0 radical (unpaired) electrons. The average molecular weight is 339 g/mol. The molecule has 0 atom stereocenters. The summed E-state index contributed by atoms with van der Waals surface area (Å²) in [5.74, 6) is 2.13. The van der Waals surface area contributed by atoms with E-state index in [1.54, 1.807) is 54.4 Å². The largest absolute Gasteiger partial charge is 0.493 e. The van der Waals surface area contributed by atoms with E-state index in [2.05, 4.69) is 20.5 Å². The molecule has 0 aliphatic carbocycles. The van der Waals surface area contributed by atoms with Crippen LogP contribution in [0.3, 0.4) is 0 Å². The lowest BCUT2D eigenvalue weighted by Crippen LogP contribution is -2.15. The molecule has 1 N–H and O–H groups in total. The zero-order valence-electron chi connectivity index (χ0n) is 14.1. The minimum atomic E-state index is -0.367. The monoisotopic (exact) mass is 339 g/mol. The molecule has 2 aromatic heterocycles. The standard InChI is InChI=1S/C17H17N5O3/c1-11-18-8-9-22(11)16-7-5-13(20-21-16)17(23)19-12-4-6-14(24-2)15(10-12)25-3/h4-10H,1-3H3,(H,19,23). The molecule has 128 valence electrons. The molecule has 1 amide bonds. The summed E-state index contributed by atoms with van der Waals surface area (Å²) >= 11 is 0. The molecule has 0 aliphatic rings. The molecule has 8 nitrogen and oxygen atoms in total. The number of carbonyl (C=O) groups is 1. The van der Waals surface area contributed by atoms with Gasteiger partial charge < -0.3 is 14.8 Å². The minimum Gasteiger partial charge on any atom is -0.493 e. The van der Waals surface area contributed by atoms with Gasteiger partial charge in [-0.1, -0.05) is 0 Å². The minimum absolute atomic E-state index is 0.205. The third kappa shape index (κ3) is 3.42. The maximum atomic E-state index is 12.3. The van der Waals surface area contributed by atoms with E-state index in [9.17, 15) is 4.79 Å². The molecular weight excluding hydrogens is 322 g/mol. The summed E-state index contributed by atoms with van der Waals surface area (Å²) in [7, 11) is 3.08. The number of imidazole rings is 1.